The molecule has 0 atom stereocenters. The molecule has 0 aliphatic heterocycles. The standard InChI is InChI=1S/C21H17N5OS/c27-19(22-21-24-23-20(28-21)15-11-12-15)17-13-26(16-9-5-2-6-10-16)25-18(17)14-7-3-1-4-8-14/h1-10,13,15H,11-12H2,(H,22,24,27). The van der Waals surface area contributed by atoms with Gasteiger partial charge < -0.3 is 0 Å². The highest BCUT2D eigenvalue weighted by molar-refractivity contribution is 7.15. The van der Waals surface area contributed by atoms with E-state index in [1.54, 1.807) is 10.9 Å². The number of nitrogens with one attached hydrogen (secondary N) is 1. The first-order valence-electron chi connectivity index (χ1n) is 9.13. The Bertz CT molecular complexity index is 1120. The monoisotopic (exact) mass is 387 g/mol. The summed E-state index contributed by atoms with van der Waals surface area (Å²) in [7, 11) is 0. The lowest BCUT2D eigenvalue weighted by molar-refractivity contribution is 0.102. The van der Waals surface area contributed by atoms with E-state index in [9.17, 15) is 4.79 Å². The predicted molar refractivity (Wildman–Crippen MR) is 109 cm³/mol. The van der Waals surface area contributed by atoms with Crippen LogP contribution < -0.4 is 5.32 Å². The molecule has 5 rings (SSSR count). The van der Waals surface area contributed by atoms with Crippen LogP contribution in [0.1, 0.15) is 34.1 Å². The first-order chi connectivity index (χ1) is 13.8. The van der Waals surface area contributed by atoms with Gasteiger partial charge in [0.15, 0.2) is 0 Å². The molecule has 0 bridgehead atoms. The molecule has 0 radical (unpaired) electrons. The van der Waals surface area contributed by atoms with Crippen molar-refractivity contribution in [3.05, 3.63) is 77.4 Å². The normalized spacial score (nSPS) is 13.4. The molecule has 6 nitrogen and oxygen atoms in total. The molecule has 1 fully saturated rings. The van der Waals surface area contributed by atoms with Gasteiger partial charge in [-0.1, -0.05) is 59.9 Å². The highest BCUT2D eigenvalue weighted by atomic mass is 32.1. The van der Waals surface area contributed by atoms with E-state index in [1.165, 1.54) is 11.3 Å². The van der Waals surface area contributed by atoms with E-state index in [0.717, 1.165) is 29.1 Å². The molecule has 1 N–H and O–H groups in total. The van der Waals surface area contributed by atoms with Crippen molar-refractivity contribution in [1.29, 1.82) is 0 Å². The number of nitrogens with zero attached hydrogens (tertiary/aromatic N) is 4. The van der Waals surface area contributed by atoms with Crippen LogP contribution in [0.3, 0.4) is 0 Å². The maximum Gasteiger partial charge on any atom is 0.261 e. The smallest absolute Gasteiger partial charge is 0.261 e. The molecule has 2 aromatic carbocycles. The Morgan fingerprint density at radius 1 is 1.00 bits per heavy atom. The highest BCUT2D eigenvalue weighted by Crippen LogP contribution is 2.42. The number of aromatic nitrogens is 4. The molecule has 2 aromatic heterocycles. The Labute approximate surface area is 165 Å². The van der Waals surface area contributed by atoms with Crippen molar-refractivity contribution in [3.8, 4) is 16.9 Å². The van der Waals surface area contributed by atoms with Gasteiger partial charge in [0.1, 0.15) is 10.7 Å². The van der Waals surface area contributed by atoms with Crippen LogP contribution in [0.15, 0.2) is 66.9 Å². The molecule has 1 saturated carbocycles. The summed E-state index contributed by atoms with van der Waals surface area (Å²) in [6, 6.07) is 19.5. The first-order valence-corrected chi connectivity index (χ1v) is 9.95. The molecule has 28 heavy (non-hydrogen) atoms. The lowest BCUT2D eigenvalue weighted by Crippen LogP contribution is -2.12. The highest BCUT2D eigenvalue weighted by Gasteiger charge is 2.28. The lowest BCUT2D eigenvalue weighted by Gasteiger charge is -2.02. The van der Waals surface area contributed by atoms with Crippen LogP contribution in [0.2, 0.25) is 0 Å². The number of anilines is 1. The van der Waals surface area contributed by atoms with Crippen LogP contribution in [-0.4, -0.2) is 25.9 Å². The zero-order valence-corrected chi connectivity index (χ0v) is 15.8. The van der Waals surface area contributed by atoms with Crippen LogP contribution in [0.5, 0.6) is 0 Å². The number of rotatable bonds is 5. The second-order valence-electron chi connectivity index (χ2n) is 6.71. The minimum Gasteiger partial charge on any atom is -0.296 e. The van der Waals surface area contributed by atoms with Gasteiger partial charge in [-0.15, -0.1) is 10.2 Å². The van der Waals surface area contributed by atoms with Gasteiger partial charge in [0.2, 0.25) is 5.13 Å². The van der Waals surface area contributed by atoms with Gasteiger partial charge in [-0.2, -0.15) is 5.10 Å². The molecule has 7 heteroatoms. The number of benzene rings is 2. The fraction of sp³-hybridized carbons (Fsp3) is 0.143. The SMILES string of the molecule is O=C(Nc1nnc(C2CC2)s1)c1cn(-c2ccccc2)nc1-c1ccccc1. The summed E-state index contributed by atoms with van der Waals surface area (Å²) in [6.45, 7) is 0. The summed E-state index contributed by atoms with van der Waals surface area (Å²) in [6.07, 6.45) is 4.07. The van der Waals surface area contributed by atoms with E-state index in [4.69, 9.17) is 0 Å². The van der Waals surface area contributed by atoms with E-state index < -0.39 is 0 Å². The van der Waals surface area contributed by atoms with Crippen LogP contribution in [0.4, 0.5) is 5.13 Å². The molecule has 2 heterocycles. The van der Waals surface area contributed by atoms with Gasteiger partial charge in [0, 0.05) is 17.7 Å². The van der Waals surface area contributed by atoms with Gasteiger partial charge in [0.25, 0.3) is 5.91 Å². The Morgan fingerprint density at radius 3 is 2.43 bits per heavy atom. The largest absolute Gasteiger partial charge is 0.296 e. The van der Waals surface area contributed by atoms with Crippen molar-refractivity contribution >= 4 is 22.4 Å². The summed E-state index contributed by atoms with van der Waals surface area (Å²) in [4.78, 5) is 13.0. The van der Waals surface area contributed by atoms with E-state index in [0.29, 0.717) is 22.3 Å². The molecular weight excluding hydrogens is 370 g/mol. The number of carbonyl (C=O) groups is 1. The molecule has 1 aliphatic carbocycles. The van der Waals surface area contributed by atoms with E-state index in [2.05, 4.69) is 20.6 Å². The average Bonchev–Trinajstić information content (AvgIpc) is 3.32. The summed E-state index contributed by atoms with van der Waals surface area (Å²) in [5.74, 6) is 0.281. The molecule has 0 unspecified atom stereocenters. The third-order valence-electron chi connectivity index (χ3n) is 4.61. The minimum atomic E-state index is -0.237. The zero-order valence-electron chi connectivity index (χ0n) is 14.9. The molecular formula is C21H17N5OS. The fourth-order valence-corrected chi connectivity index (χ4v) is 3.91. The average molecular weight is 387 g/mol. The summed E-state index contributed by atoms with van der Waals surface area (Å²) >= 11 is 1.45. The third kappa shape index (κ3) is 3.32. The summed E-state index contributed by atoms with van der Waals surface area (Å²) in [5, 5.41) is 17.4. The van der Waals surface area contributed by atoms with Crippen LogP contribution in [0, 0.1) is 0 Å². The van der Waals surface area contributed by atoms with E-state index in [-0.39, 0.29) is 5.91 Å². The maximum atomic E-state index is 13.0. The van der Waals surface area contributed by atoms with Crippen LogP contribution in [0.25, 0.3) is 16.9 Å². The van der Waals surface area contributed by atoms with Crippen molar-refractivity contribution in [1.82, 2.24) is 20.0 Å². The van der Waals surface area contributed by atoms with Gasteiger partial charge in [0.05, 0.1) is 11.3 Å². The van der Waals surface area contributed by atoms with Crippen molar-refractivity contribution < 1.29 is 4.79 Å². The Balaban J connectivity index is 1.50. The van der Waals surface area contributed by atoms with Gasteiger partial charge in [-0.3, -0.25) is 10.1 Å². The molecule has 0 saturated heterocycles. The molecule has 1 amide bonds. The minimum absolute atomic E-state index is 0.237. The second kappa shape index (κ2) is 7.01. The van der Waals surface area contributed by atoms with E-state index >= 15 is 0 Å². The second-order valence-corrected chi connectivity index (χ2v) is 7.72. The number of para-hydroxylation sites is 1. The Hall–Kier alpha value is -3.32. The van der Waals surface area contributed by atoms with E-state index in [1.807, 2.05) is 60.7 Å². The predicted octanol–water partition coefficient (Wildman–Crippen LogP) is 4.52. The summed E-state index contributed by atoms with van der Waals surface area (Å²) < 4.78 is 1.73. The zero-order chi connectivity index (χ0) is 18.9. The Morgan fingerprint density at radius 2 is 1.71 bits per heavy atom. The summed E-state index contributed by atoms with van der Waals surface area (Å²) in [5.41, 5.74) is 2.91. The van der Waals surface area contributed by atoms with Crippen molar-refractivity contribution in [2.45, 2.75) is 18.8 Å². The lowest BCUT2D eigenvalue weighted by atomic mass is 10.1. The number of carbonyl (C=O) groups excluding carboxylic acids is 1. The van der Waals surface area contributed by atoms with Crippen molar-refractivity contribution in [2.75, 3.05) is 5.32 Å². The third-order valence-corrected chi connectivity index (χ3v) is 5.62. The number of amides is 1. The number of hydrogen-bond donors (Lipinski definition) is 1. The van der Waals surface area contributed by atoms with Gasteiger partial charge in [-0.05, 0) is 25.0 Å². The van der Waals surface area contributed by atoms with Gasteiger partial charge in [-0.25, -0.2) is 4.68 Å². The molecule has 138 valence electrons. The van der Waals surface area contributed by atoms with Crippen LogP contribution in [-0.2, 0) is 0 Å². The Kier molecular flexibility index (Phi) is 4.21. The van der Waals surface area contributed by atoms with Gasteiger partial charge >= 0.3 is 0 Å². The van der Waals surface area contributed by atoms with Crippen LogP contribution >= 0.6 is 11.3 Å². The van der Waals surface area contributed by atoms with Crippen molar-refractivity contribution in [2.24, 2.45) is 0 Å². The number of hydrogen-bond acceptors (Lipinski definition) is 5. The first kappa shape index (κ1) is 16.8. The van der Waals surface area contributed by atoms with Crippen molar-refractivity contribution in [3.63, 3.8) is 0 Å². The molecule has 1 aliphatic rings. The molecule has 4 aromatic rings. The maximum absolute atomic E-state index is 13.0. The fourth-order valence-electron chi connectivity index (χ4n) is 3.01. The quantitative estimate of drug-likeness (QED) is 0.546. The molecule has 0 spiro atoms. The topological polar surface area (TPSA) is 72.7 Å².